The molecule has 0 saturated carbocycles. The van der Waals surface area contributed by atoms with Crippen LogP contribution >= 0.6 is 0 Å². The first-order valence-electron chi connectivity index (χ1n) is 8.16. The Balaban J connectivity index is 2.34. The average molecular weight is 361 g/mol. The third kappa shape index (κ3) is 7.18. The van der Waals surface area contributed by atoms with Gasteiger partial charge in [-0.05, 0) is 24.1 Å². The SMILES string of the molecule is CC(CC(C)C(=O)NCCNC(=O)c1ccc(CN=[N+]=[N-])nc1)C(N)=O. The van der Waals surface area contributed by atoms with Crippen LogP contribution in [0.4, 0.5) is 0 Å². The van der Waals surface area contributed by atoms with Gasteiger partial charge in [0.1, 0.15) is 0 Å². The predicted octanol–water partition coefficient (Wildman–Crippen LogP) is 0.885. The summed E-state index contributed by atoms with van der Waals surface area (Å²) < 4.78 is 0. The fraction of sp³-hybridized carbons (Fsp3) is 0.500. The van der Waals surface area contributed by atoms with Crippen molar-refractivity contribution >= 4 is 17.7 Å². The van der Waals surface area contributed by atoms with Gasteiger partial charge in [0.25, 0.3) is 5.91 Å². The molecule has 26 heavy (non-hydrogen) atoms. The molecule has 0 saturated heterocycles. The van der Waals surface area contributed by atoms with E-state index in [2.05, 4.69) is 25.6 Å². The first-order valence-corrected chi connectivity index (χ1v) is 8.16. The molecule has 2 atom stereocenters. The normalized spacial score (nSPS) is 12.4. The van der Waals surface area contributed by atoms with Crippen molar-refractivity contribution < 1.29 is 14.4 Å². The van der Waals surface area contributed by atoms with Crippen molar-refractivity contribution in [3.63, 3.8) is 0 Å². The van der Waals surface area contributed by atoms with Gasteiger partial charge in [-0.2, -0.15) is 0 Å². The highest BCUT2D eigenvalue weighted by Gasteiger charge is 2.18. The molecule has 0 aromatic carbocycles. The number of azide groups is 1. The predicted molar refractivity (Wildman–Crippen MR) is 94.6 cm³/mol. The second kappa shape index (κ2) is 10.7. The van der Waals surface area contributed by atoms with Gasteiger partial charge in [-0.3, -0.25) is 19.4 Å². The number of carbonyl (C=O) groups is 3. The summed E-state index contributed by atoms with van der Waals surface area (Å²) in [5.41, 5.74) is 14.4. The lowest BCUT2D eigenvalue weighted by atomic mass is 9.96. The smallest absolute Gasteiger partial charge is 0.252 e. The van der Waals surface area contributed by atoms with E-state index in [1.807, 2.05) is 0 Å². The fourth-order valence-electron chi connectivity index (χ4n) is 2.15. The molecular weight excluding hydrogens is 338 g/mol. The highest BCUT2D eigenvalue weighted by molar-refractivity contribution is 5.93. The topological polar surface area (TPSA) is 163 Å². The number of nitrogens with one attached hydrogen (secondary N) is 2. The summed E-state index contributed by atoms with van der Waals surface area (Å²) in [4.78, 5) is 41.6. The van der Waals surface area contributed by atoms with Crippen molar-refractivity contribution in [3.8, 4) is 0 Å². The van der Waals surface area contributed by atoms with Crippen LogP contribution in [0.2, 0.25) is 0 Å². The zero-order valence-corrected chi connectivity index (χ0v) is 14.8. The zero-order valence-electron chi connectivity index (χ0n) is 14.8. The first-order chi connectivity index (χ1) is 12.3. The van der Waals surface area contributed by atoms with Crippen LogP contribution in [0, 0.1) is 11.8 Å². The molecule has 0 fully saturated rings. The molecule has 10 nitrogen and oxygen atoms in total. The fourth-order valence-corrected chi connectivity index (χ4v) is 2.15. The average Bonchev–Trinajstić information content (AvgIpc) is 2.63. The lowest BCUT2D eigenvalue weighted by molar-refractivity contribution is -0.126. The van der Waals surface area contributed by atoms with E-state index in [0.717, 1.165) is 0 Å². The van der Waals surface area contributed by atoms with Crippen LogP contribution < -0.4 is 16.4 Å². The number of carbonyl (C=O) groups excluding carboxylic acids is 3. The largest absolute Gasteiger partial charge is 0.369 e. The molecule has 0 spiro atoms. The number of hydrogen-bond acceptors (Lipinski definition) is 5. The van der Waals surface area contributed by atoms with E-state index in [0.29, 0.717) is 17.7 Å². The number of aromatic nitrogens is 1. The van der Waals surface area contributed by atoms with Crippen molar-refractivity contribution in [2.45, 2.75) is 26.8 Å². The second-order valence-electron chi connectivity index (χ2n) is 5.91. The highest BCUT2D eigenvalue weighted by Crippen LogP contribution is 2.11. The molecule has 3 amide bonds. The maximum Gasteiger partial charge on any atom is 0.252 e. The zero-order chi connectivity index (χ0) is 19.5. The molecule has 0 bridgehead atoms. The Labute approximate surface area is 151 Å². The van der Waals surface area contributed by atoms with Gasteiger partial charge in [0, 0.05) is 41.7 Å². The quantitative estimate of drug-likeness (QED) is 0.244. The number of primary amides is 1. The minimum Gasteiger partial charge on any atom is -0.369 e. The molecule has 0 radical (unpaired) electrons. The molecule has 1 rings (SSSR count). The molecule has 10 heteroatoms. The molecular formula is C16H23N7O3. The van der Waals surface area contributed by atoms with Gasteiger partial charge in [-0.1, -0.05) is 19.0 Å². The molecule has 4 N–H and O–H groups in total. The van der Waals surface area contributed by atoms with E-state index < -0.39 is 5.91 Å². The minimum atomic E-state index is -0.434. The van der Waals surface area contributed by atoms with Crippen LogP contribution in [0.5, 0.6) is 0 Å². The van der Waals surface area contributed by atoms with Gasteiger partial charge in [0.05, 0.1) is 12.1 Å². The third-order valence-corrected chi connectivity index (χ3v) is 3.73. The van der Waals surface area contributed by atoms with Crippen LogP contribution in [0.3, 0.4) is 0 Å². The summed E-state index contributed by atoms with van der Waals surface area (Å²) in [6, 6.07) is 3.18. The van der Waals surface area contributed by atoms with E-state index >= 15 is 0 Å². The summed E-state index contributed by atoms with van der Waals surface area (Å²) in [7, 11) is 0. The van der Waals surface area contributed by atoms with E-state index in [-0.39, 0.29) is 43.3 Å². The van der Waals surface area contributed by atoms with Crippen molar-refractivity contribution in [3.05, 3.63) is 40.0 Å². The number of nitrogens with zero attached hydrogens (tertiary/aromatic N) is 4. The lowest BCUT2D eigenvalue weighted by Gasteiger charge is -2.15. The lowest BCUT2D eigenvalue weighted by Crippen LogP contribution is -2.38. The maximum absolute atomic E-state index is 12.0. The summed E-state index contributed by atoms with van der Waals surface area (Å²) in [6.45, 7) is 4.04. The highest BCUT2D eigenvalue weighted by atomic mass is 16.2. The number of rotatable bonds is 10. The molecule has 0 aliphatic carbocycles. The Morgan fingerprint density at radius 2 is 1.92 bits per heavy atom. The maximum atomic E-state index is 12.0. The third-order valence-electron chi connectivity index (χ3n) is 3.73. The van der Waals surface area contributed by atoms with Gasteiger partial charge in [-0.15, -0.1) is 0 Å². The van der Waals surface area contributed by atoms with E-state index in [1.54, 1.807) is 26.0 Å². The Hall–Kier alpha value is -3.13. The summed E-state index contributed by atoms with van der Waals surface area (Å²) in [5.74, 6) is -1.67. The summed E-state index contributed by atoms with van der Waals surface area (Å²) >= 11 is 0. The van der Waals surface area contributed by atoms with Gasteiger partial charge in [-0.25, -0.2) is 0 Å². The van der Waals surface area contributed by atoms with Gasteiger partial charge in [0.15, 0.2) is 0 Å². The Morgan fingerprint density at radius 3 is 2.50 bits per heavy atom. The number of pyridine rings is 1. The van der Waals surface area contributed by atoms with Gasteiger partial charge >= 0.3 is 0 Å². The van der Waals surface area contributed by atoms with Crippen LogP contribution in [0.25, 0.3) is 10.4 Å². The second-order valence-corrected chi connectivity index (χ2v) is 5.91. The molecule has 0 aliphatic rings. The summed E-state index contributed by atoms with van der Waals surface area (Å²) in [6.07, 6.45) is 1.77. The molecule has 1 aromatic heterocycles. The van der Waals surface area contributed by atoms with Crippen molar-refractivity contribution in [1.82, 2.24) is 15.6 Å². The van der Waals surface area contributed by atoms with Crippen molar-refractivity contribution in [2.75, 3.05) is 13.1 Å². The van der Waals surface area contributed by atoms with E-state index in [4.69, 9.17) is 11.3 Å². The number of amides is 3. The standard InChI is InChI=1S/C16H23N7O3/c1-10(14(17)24)7-11(2)15(25)19-5-6-20-16(26)12-3-4-13(21-8-12)9-22-23-18/h3-4,8,10-11H,5-7,9H2,1-2H3,(H2,17,24)(H,19,25)(H,20,26). The summed E-state index contributed by atoms with van der Waals surface area (Å²) in [5, 5.41) is 8.75. The molecule has 1 aromatic rings. The van der Waals surface area contributed by atoms with E-state index in [9.17, 15) is 14.4 Å². The first kappa shape index (κ1) is 20.9. The molecule has 140 valence electrons. The van der Waals surface area contributed by atoms with Crippen LogP contribution in [-0.4, -0.2) is 35.8 Å². The van der Waals surface area contributed by atoms with Crippen LogP contribution in [-0.2, 0) is 16.1 Å². The van der Waals surface area contributed by atoms with Crippen LogP contribution in [0.15, 0.2) is 23.4 Å². The van der Waals surface area contributed by atoms with Crippen molar-refractivity contribution in [1.29, 1.82) is 0 Å². The number of nitrogens with two attached hydrogens (primary N) is 1. The molecule has 1 heterocycles. The Bertz CT molecular complexity index is 684. The van der Waals surface area contributed by atoms with Crippen LogP contribution in [0.1, 0.15) is 36.3 Å². The Morgan fingerprint density at radius 1 is 1.23 bits per heavy atom. The van der Waals surface area contributed by atoms with E-state index in [1.165, 1.54) is 6.20 Å². The molecule has 2 unspecified atom stereocenters. The van der Waals surface area contributed by atoms with Gasteiger partial charge in [0.2, 0.25) is 11.8 Å². The Kier molecular flexibility index (Phi) is 8.59. The molecule has 0 aliphatic heterocycles. The number of hydrogen-bond donors (Lipinski definition) is 3. The van der Waals surface area contributed by atoms with Crippen molar-refractivity contribution in [2.24, 2.45) is 22.7 Å². The van der Waals surface area contributed by atoms with Gasteiger partial charge < -0.3 is 16.4 Å². The minimum absolute atomic E-state index is 0.122. The monoisotopic (exact) mass is 361 g/mol.